The van der Waals surface area contributed by atoms with E-state index in [2.05, 4.69) is 57.2 Å². The smallest absolute Gasteiger partial charge is 0.243 e. The number of primary amides is 1. The van der Waals surface area contributed by atoms with Crippen LogP contribution in [-0.2, 0) is 57.6 Å². The molecule has 0 unspecified atom stereocenters. The van der Waals surface area contributed by atoms with Crippen LogP contribution in [0.2, 0.25) is 0 Å². The maximum absolute atomic E-state index is 14.5. The van der Waals surface area contributed by atoms with E-state index < -0.39 is 96.1 Å². The van der Waals surface area contributed by atoms with E-state index in [1.165, 1.54) is 12.5 Å². The molecule has 25 nitrogen and oxygen atoms in total. The van der Waals surface area contributed by atoms with Crippen molar-refractivity contribution in [3.05, 3.63) is 90.1 Å². The monoisotopic (exact) mass is 1060 g/mol. The van der Waals surface area contributed by atoms with E-state index in [9.17, 15) is 38.4 Å². The second-order valence-electron chi connectivity index (χ2n) is 18.9. The molecule has 0 bridgehead atoms. The molecule has 7 atom stereocenters. The molecular formula is C51H77N17O8. The predicted molar refractivity (Wildman–Crippen MR) is 287 cm³/mol. The summed E-state index contributed by atoms with van der Waals surface area (Å²) in [6.07, 6.45) is 7.15. The number of guanidine groups is 1. The maximum Gasteiger partial charge on any atom is 0.243 e. The number of aromatic amines is 2. The van der Waals surface area contributed by atoms with Crippen LogP contribution in [0.5, 0.6) is 0 Å². The van der Waals surface area contributed by atoms with E-state index in [4.69, 9.17) is 34.4 Å². The second-order valence-corrected chi connectivity index (χ2v) is 18.9. The second kappa shape index (κ2) is 31.7. The van der Waals surface area contributed by atoms with Crippen molar-refractivity contribution >= 4 is 64.1 Å². The molecule has 414 valence electrons. The molecule has 21 N–H and O–H groups in total. The molecule has 0 aliphatic rings. The lowest BCUT2D eigenvalue weighted by molar-refractivity contribution is -0.134. The summed E-state index contributed by atoms with van der Waals surface area (Å²) in [5, 5.41) is 19.6. The maximum atomic E-state index is 14.5. The minimum absolute atomic E-state index is 0.0177. The van der Waals surface area contributed by atoms with Gasteiger partial charge >= 0.3 is 0 Å². The van der Waals surface area contributed by atoms with Gasteiger partial charge < -0.3 is 81.6 Å². The van der Waals surface area contributed by atoms with E-state index in [1.807, 2.05) is 24.3 Å². The van der Waals surface area contributed by atoms with Gasteiger partial charge in [0.15, 0.2) is 5.96 Å². The van der Waals surface area contributed by atoms with Gasteiger partial charge in [0.1, 0.15) is 36.3 Å². The summed E-state index contributed by atoms with van der Waals surface area (Å²) in [6.45, 7) is 3.52. The Morgan fingerprint density at radius 2 is 1.16 bits per heavy atom. The standard InChI is InChI=1S/C51H77N17O8/c1-30(2)43(44(55)70)68-49(75)38(18-9-11-21-53)64-47(73)37(17-8-10-20-52)63-42(69)28-61-46(72)41(24-32-26-60-36-16-7-6-15-34(32)36)67-48(74)39(19-12-22-59-51(56)57)65-50(76)40(23-31-13-4-3-5-14-31)66-45(71)35(54)25-33-27-58-29-62-33/h3-7,13-16,26-27,29-30,35,37-41,43,60H,8-12,17-25,28,52-54H2,1-2H3,(H2,55,70)(H,58,62)(H,61,72)(H,63,69)(H,64,73)(H,65,76)(H,66,71)(H,67,74)(H,68,75)(H4,56,57,59)/t35-,37-,38+,39-,40-,41-,43-/m0/s1. The summed E-state index contributed by atoms with van der Waals surface area (Å²) in [7, 11) is 0. The Balaban J connectivity index is 1.57. The Hall–Kier alpha value is -7.90. The first kappa shape index (κ1) is 60.7. The molecule has 0 aliphatic carbocycles. The summed E-state index contributed by atoms with van der Waals surface area (Å²) < 4.78 is 0. The Morgan fingerprint density at radius 3 is 1.75 bits per heavy atom. The Morgan fingerprint density at radius 1 is 0.605 bits per heavy atom. The first-order chi connectivity index (χ1) is 36.4. The van der Waals surface area contributed by atoms with Crippen molar-refractivity contribution in [2.24, 2.45) is 45.3 Å². The van der Waals surface area contributed by atoms with Gasteiger partial charge in [-0.1, -0.05) is 62.4 Å². The third-order valence-electron chi connectivity index (χ3n) is 12.4. The number of aromatic nitrogens is 3. The summed E-state index contributed by atoms with van der Waals surface area (Å²) >= 11 is 0. The van der Waals surface area contributed by atoms with Crippen molar-refractivity contribution in [1.29, 1.82) is 0 Å². The van der Waals surface area contributed by atoms with E-state index in [-0.39, 0.29) is 63.4 Å². The van der Waals surface area contributed by atoms with Crippen LogP contribution in [0.25, 0.3) is 10.9 Å². The topological polar surface area (TPSA) is 434 Å². The van der Waals surface area contributed by atoms with Crippen LogP contribution in [-0.4, -0.2) is 137 Å². The van der Waals surface area contributed by atoms with Crippen LogP contribution >= 0.6 is 0 Å². The van der Waals surface area contributed by atoms with Crippen molar-refractivity contribution in [1.82, 2.24) is 52.2 Å². The average molecular weight is 1060 g/mol. The average Bonchev–Trinajstić information content (AvgIpc) is 4.07. The zero-order valence-corrected chi connectivity index (χ0v) is 43.3. The van der Waals surface area contributed by atoms with Gasteiger partial charge in [-0.05, 0) is 87.6 Å². The molecule has 2 aromatic heterocycles. The fraction of sp³-hybridized carbons (Fsp3) is 0.490. The summed E-state index contributed by atoms with van der Waals surface area (Å²) in [4.78, 5) is 124. The van der Waals surface area contributed by atoms with Crippen LogP contribution in [0.4, 0.5) is 0 Å². The third kappa shape index (κ3) is 20.4. The summed E-state index contributed by atoms with van der Waals surface area (Å²) in [6, 6.07) is 8.02. The molecule has 76 heavy (non-hydrogen) atoms. The Kier molecular flexibility index (Phi) is 25.3. The van der Waals surface area contributed by atoms with Gasteiger partial charge in [0.25, 0.3) is 0 Å². The first-order valence-corrected chi connectivity index (χ1v) is 25.6. The number of benzene rings is 2. The number of rotatable bonds is 34. The molecule has 0 saturated carbocycles. The molecular weight excluding hydrogens is 979 g/mol. The molecule has 0 saturated heterocycles. The number of imidazole rings is 1. The van der Waals surface area contributed by atoms with E-state index in [0.717, 1.165) is 10.9 Å². The predicted octanol–water partition coefficient (Wildman–Crippen LogP) is -2.28. The van der Waals surface area contributed by atoms with Gasteiger partial charge in [-0.25, -0.2) is 4.98 Å². The number of carbonyl (C=O) groups is 8. The van der Waals surface area contributed by atoms with E-state index >= 15 is 0 Å². The highest BCUT2D eigenvalue weighted by atomic mass is 16.2. The molecule has 0 spiro atoms. The number of unbranched alkanes of at least 4 members (excludes halogenated alkanes) is 2. The number of hydrogen-bond donors (Lipinski definition) is 15. The number of H-pyrrole nitrogens is 2. The van der Waals surface area contributed by atoms with Gasteiger partial charge in [0, 0.05) is 54.8 Å². The van der Waals surface area contributed by atoms with Gasteiger partial charge in [0.2, 0.25) is 47.3 Å². The number of nitrogens with one attached hydrogen (secondary N) is 9. The lowest BCUT2D eigenvalue weighted by Gasteiger charge is -2.26. The lowest BCUT2D eigenvalue weighted by Crippen LogP contribution is -2.59. The highest BCUT2D eigenvalue weighted by molar-refractivity contribution is 5.97. The molecule has 0 fully saturated rings. The number of amides is 8. The fourth-order valence-electron chi connectivity index (χ4n) is 8.26. The number of fused-ring (bicyclic) bond motifs is 1. The fourth-order valence-corrected chi connectivity index (χ4v) is 8.26. The molecule has 2 aromatic carbocycles. The SMILES string of the molecule is CC(C)[C@H](NC(=O)[C@@H](CCCCN)NC(=O)[C@H](CCCCN)NC(=O)CNC(=O)[C@H](Cc1c[nH]c2ccccc12)NC(=O)[C@H](CCCN=C(N)N)NC(=O)[C@H](Cc1ccccc1)NC(=O)[C@@H](N)Cc1cnc[nH]1)C(N)=O. The van der Waals surface area contributed by atoms with Gasteiger partial charge in [-0.3, -0.25) is 43.3 Å². The van der Waals surface area contributed by atoms with E-state index in [1.54, 1.807) is 50.4 Å². The van der Waals surface area contributed by atoms with Gasteiger partial charge in [-0.15, -0.1) is 0 Å². The molecule has 0 radical (unpaired) electrons. The summed E-state index contributed by atoms with van der Waals surface area (Å²) in [5.74, 6) is -6.27. The third-order valence-corrected chi connectivity index (χ3v) is 12.4. The molecule has 4 aromatic rings. The van der Waals surface area contributed by atoms with Crippen molar-refractivity contribution in [3.63, 3.8) is 0 Å². The van der Waals surface area contributed by atoms with Crippen LogP contribution in [0.1, 0.15) is 82.0 Å². The van der Waals surface area contributed by atoms with Crippen LogP contribution < -0.4 is 71.6 Å². The number of nitrogens with two attached hydrogens (primary N) is 6. The molecule has 0 aliphatic heterocycles. The normalized spacial score (nSPS) is 13.9. The molecule has 25 heteroatoms. The highest BCUT2D eigenvalue weighted by Gasteiger charge is 2.33. The van der Waals surface area contributed by atoms with Crippen LogP contribution in [0, 0.1) is 5.92 Å². The van der Waals surface area contributed by atoms with Crippen molar-refractivity contribution in [2.75, 3.05) is 26.2 Å². The number of hydrogen-bond acceptors (Lipinski definition) is 13. The number of para-hydroxylation sites is 1. The number of nitrogens with zero attached hydrogens (tertiary/aromatic N) is 2. The first-order valence-electron chi connectivity index (χ1n) is 25.6. The van der Waals surface area contributed by atoms with Gasteiger partial charge in [0.05, 0.1) is 18.9 Å². The zero-order valence-electron chi connectivity index (χ0n) is 43.3. The van der Waals surface area contributed by atoms with Crippen molar-refractivity contribution in [3.8, 4) is 0 Å². The Bertz CT molecular complexity index is 2530. The van der Waals surface area contributed by atoms with E-state index in [0.29, 0.717) is 55.6 Å². The quantitative estimate of drug-likeness (QED) is 0.0133. The molecule has 4 rings (SSSR count). The largest absolute Gasteiger partial charge is 0.370 e. The summed E-state index contributed by atoms with van der Waals surface area (Å²) in [5.41, 5.74) is 37.1. The zero-order chi connectivity index (χ0) is 55.6. The number of aliphatic imine (C=N–C) groups is 1. The Labute approximate surface area is 441 Å². The van der Waals surface area contributed by atoms with Crippen LogP contribution in [0.3, 0.4) is 0 Å². The van der Waals surface area contributed by atoms with Gasteiger partial charge in [-0.2, -0.15) is 0 Å². The van der Waals surface area contributed by atoms with Crippen molar-refractivity contribution < 1.29 is 38.4 Å². The lowest BCUT2D eigenvalue weighted by atomic mass is 10.0. The van der Waals surface area contributed by atoms with Crippen LogP contribution in [0.15, 0.2) is 78.3 Å². The highest BCUT2D eigenvalue weighted by Crippen LogP contribution is 2.20. The molecule has 2 heterocycles. The van der Waals surface area contributed by atoms with Crippen molar-refractivity contribution in [2.45, 2.75) is 127 Å². The minimum atomic E-state index is -1.34. The number of carbonyl (C=O) groups excluding carboxylic acids is 8. The minimum Gasteiger partial charge on any atom is -0.370 e. The molecule has 8 amide bonds.